The fraction of sp³-hybridized carbons (Fsp3) is 0.364. The maximum Gasteiger partial charge on any atom is 0.251 e. The molecule has 0 spiro atoms. The highest BCUT2D eigenvalue weighted by molar-refractivity contribution is 6.32. The fourth-order valence-corrected chi connectivity index (χ4v) is 3.12. The third-order valence-corrected chi connectivity index (χ3v) is 5.07. The molecule has 0 fully saturated rings. The molecule has 0 atom stereocenters. The molecule has 2 aromatic rings. The summed E-state index contributed by atoms with van der Waals surface area (Å²) in [5.74, 6) is 0.738. The number of benzene rings is 2. The number of hydrogen-bond acceptors (Lipinski definition) is 4. The maximum absolute atomic E-state index is 12.4. The van der Waals surface area contributed by atoms with Gasteiger partial charge in [0.1, 0.15) is 13.2 Å². The Hall–Kier alpha value is -2.73. The van der Waals surface area contributed by atoms with Crippen LogP contribution in [0.3, 0.4) is 0 Å². The maximum atomic E-state index is 12.4. The van der Waals surface area contributed by atoms with Crippen molar-refractivity contribution in [1.82, 2.24) is 5.32 Å². The van der Waals surface area contributed by atoms with E-state index in [2.05, 4.69) is 10.6 Å². The number of carbonyl (C=O) groups is 2. The van der Waals surface area contributed by atoms with Crippen LogP contribution in [-0.4, -0.2) is 30.6 Å². The number of carbonyl (C=O) groups excluding carboxylic acids is 2. The van der Waals surface area contributed by atoms with Crippen molar-refractivity contribution in [1.29, 1.82) is 0 Å². The van der Waals surface area contributed by atoms with E-state index in [1.54, 1.807) is 36.4 Å². The normalized spacial score (nSPS) is 13.0. The quantitative estimate of drug-likeness (QED) is 0.739. The van der Waals surface area contributed by atoms with Gasteiger partial charge in [-0.25, -0.2) is 0 Å². The molecule has 2 N–H and O–H groups in total. The van der Waals surface area contributed by atoms with Crippen LogP contribution < -0.4 is 20.1 Å². The smallest absolute Gasteiger partial charge is 0.251 e. The summed E-state index contributed by atoms with van der Waals surface area (Å²) in [6.45, 7) is 6.88. The average molecular weight is 417 g/mol. The molecular weight excluding hydrogens is 392 g/mol. The minimum absolute atomic E-state index is 0.138. The molecule has 2 aromatic carbocycles. The van der Waals surface area contributed by atoms with Crippen molar-refractivity contribution >= 4 is 29.1 Å². The van der Waals surface area contributed by atoms with Gasteiger partial charge in [-0.3, -0.25) is 9.59 Å². The Bertz CT molecular complexity index is 910. The summed E-state index contributed by atoms with van der Waals surface area (Å²) >= 11 is 6.22. The lowest BCUT2D eigenvalue weighted by Gasteiger charge is -2.24. The lowest BCUT2D eigenvalue weighted by Crippen LogP contribution is -2.42. The molecule has 1 aliphatic heterocycles. The Morgan fingerprint density at radius 1 is 1.10 bits per heavy atom. The number of rotatable bonds is 6. The Morgan fingerprint density at radius 2 is 1.79 bits per heavy atom. The van der Waals surface area contributed by atoms with Gasteiger partial charge in [0.25, 0.3) is 5.91 Å². The molecular formula is C22H25ClN2O4. The standard InChI is InChI=1S/C22H25ClN2O4/c1-4-22(2,3)25-21(27)15-5-7-16(8-6-15)24-19(26)13-14-11-17(23)20-18(12-14)28-9-10-29-20/h5-8,11-12H,4,9-10,13H2,1-3H3,(H,24,26)(H,25,27). The van der Waals surface area contributed by atoms with Gasteiger partial charge in [0.05, 0.1) is 11.4 Å². The summed E-state index contributed by atoms with van der Waals surface area (Å²) in [4.78, 5) is 24.7. The van der Waals surface area contributed by atoms with Gasteiger partial charge in [0, 0.05) is 16.8 Å². The van der Waals surface area contributed by atoms with Crippen LogP contribution in [0.15, 0.2) is 36.4 Å². The molecule has 0 bridgehead atoms. The molecule has 3 rings (SSSR count). The predicted octanol–water partition coefficient (Wildman–Crippen LogP) is 4.21. The van der Waals surface area contributed by atoms with Gasteiger partial charge in [-0.2, -0.15) is 0 Å². The van der Waals surface area contributed by atoms with E-state index in [4.69, 9.17) is 21.1 Å². The number of ether oxygens (including phenoxy) is 2. The Morgan fingerprint density at radius 3 is 2.48 bits per heavy atom. The molecule has 0 aliphatic carbocycles. The van der Waals surface area contributed by atoms with Crippen molar-refractivity contribution in [3.8, 4) is 11.5 Å². The summed E-state index contributed by atoms with van der Waals surface area (Å²) in [6.07, 6.45) is 0.972. The van der Waals surface area contributed by atoms with Gasteiger partial charge >= 0.3 is 0 Å². The van der Waals surface area contributed by atoms with E-state index >= 15 is 0 Å². The summed E-state index contributed by atoms with van der Waals surface area (Å²) in [5.41, 5.74) is 1.62. The molecule has 29 heavy (non-hydrogen) atoms. The third-order valence-electron chi connectivity index (χ3n) is 4.79. The van der Waals surface area contributed by atoms with Gasteiger partial charge in [0.15, 0.2) is 11.5 Å². The summed E-state index contributed by atoms with van der Waals surface area (Å²) < 4.78 is 11.0. The first-order valence-electron chi connectivity index (χ1n) is 9.58. The highest BCUT2D eigenvalue weighted by atomic mass is 35.5. The highest BCUT2D eigenvalue weighted by Crippen LogP contribution is 2.38. The van der Waals surface area contributed by atoms with Crippen LogP contribution in [0, 0.1) is 0 Å². The summed E-state index contributed by atoms with van der Waals surface area (Å²) in [5, 5.41) is 6.24. The van der Waals surface area contributed by atoms with Crippen molar-refractivity contribution < 1.29 is 19.1 Å². The minimum atomic E-state index is -0.269. The van der Waals surface area contributed by atoms with E-state index in [1.807, 2.05) is 20.8 Å². The van der Waals surface area contributed by atoms with Crippen molar-refractivity contribution in [2.75, 3.05) is 18.5 Å². The first-order valence-corrected chi connectivity index (χ1v) is 9.95. The van der Waals surface area contributed by atoms with E-state index in [9.17, 15) is 9.59 Å². The van der Waals surface area contributed by atoms with Crippen LogP contribution in [0.1, 0.15) is 43.1 Å². The number of amides is 2. The SMILES string of the molecule is CCC(C)(C)NC(=O)c1ccc(NC(=O)Cc2cc(Cl)c3c(c2)OCCO3)cc1. The largest absolute Gasteiger partial charge is 0.486 e. The molecule has 0 saturated heterocycles. The van der Waals surface area contributed by atoms with Crippen LogP contribution in [-0.2, 0) is 11.2 Å². The Balaban J connectivity index is 1.61. The summed E-state index contributed by atoms with van der Waals surface area (Å²) in [6, 6.07) is 10.3. The zero-order valence-corrected chi connectivity index (χ0v) is 17.6. The fourth-order valence-electron chi connectivity index (χ4n) is 2.83. The predicted molar refractivity (Wildman–Crippen MR) is 113 cm³/mol. The molecule has 0 aromatic heterocycles. The number of halogens is 1. The molecule has 154 valence electrons. The van der Waals surface area contributed by atoms with Crippen molar-refractivity contribution in [3.63, 3.8) is 0 Å². The van der Waals surface area contributed by atoms with Crippen LogP contribution in [0.2, 0.25) is 5.02 Å². The van der Waals surface area contributed by atoms with Crippen LogP contribution in [0.25, 0.3) is 0 Å². The Kier molecular flexibility index (Phi) is 6.33. The third kappa shape index (κ3) is 5.41. The molecule has 2 amide bonds. The number of anilines is 1. The second-order valence-corrected chi connectivity index (χ2v) is 8.00. The van der Waals surface area contributed by atoms with E-state index in [0.717, 1.165) is 12.0 Å². The van der Waals surface area contributed by atoms with Crippen LogP contribution in [0.5, 0.6) is 11.5 Å². The zero-order valence-electron chi connectivity index (χ0n) is 16.8. The minimum Gasteiger partial charge on any atom is -0.486 e. The van der Waals surface area contributed by atoms with Crippen LogP contribution in [0.4, 0.5) is 5.69 Å². The van der Waals surface area contributed by atoms with E-state index in [0.29, 0.717) is 41.0 Å². The molecule has 0 unspecified atom stereocenters. The number of nitrogens with one attached hydrogen (secondary N) is 2. The second-order valence-electron chi connectivity index (χ2n) is 7.60. The highest BCUT2D eigenvalue weighted by Gasteiger charge is 2.19. The topological polar surface area (TPSA) is 76.7 Å². The lowest BCUT2D eigenvalue weighted by molar-refractivity contribution is -0.115. The van der Waals surface area contributed by atoms with Gasteiger partial charge in [-0.15, -0.1) is 0 Å². The van der Waals surface area contributed by atoms with E-state index < -0.39 is 0 Å². The summed E-state index contributed by atoms with van der Waals surface area (Å²) in [7, 11) is 0. The average Bonchev–Trinajstić information content (AvgIpc) is 2.68. The van der Waals surface area contributed by atoms with Gasteiger partial charge in [-0.05, 0) is 62.2 Å². The number of fused-ring (bicyclic) bond motifs is 1. The number of hydrogen-bond donors (Lipinski definition) is 2. The zero-order chi connectivity index (χ0) is 21.0. The van der Waals surface area contributed by atoms with Crippen molar-refractivity contribution in [2.24, 2.45) is 0 Å². The Labute approximate surface area is 175 Å². The molecule has 0 radical (unpaired) electrons. The molecule has 7 heteroatoms. The second kappa shape index (κ2) is 8.74. The molecule has 0 saturated carbocycles. The first kappa shape index (κ1) is 21.0. The molecule has 6 nitrogen and oxygen atoms in total. The van der Waals surface area contributed by atoms with Crippen molar-refractivity contribution in [3.05, 3.63) is 52.5 Å². The molecule has 1 heterocycles. The molecule has 1 aliphatic rings. The lowest BCUT2D eigenvalue weighted by atomic mass is 10.0. The van der Waals surface area contributed by atoms with E-state index in [-0.39, 0.29) is 23.8 Å². The van der Waals surface area contributed by atoms with Gasteiger partial charge in [-0.1, -0.05) is 18.5 Å². The monoisotopic (exact) mass is 416 g/mol. The van der Waals surface area contributed by atoms with Gasteiger partial charge in [0.2, 0.25) is 5.91 Å². The first-order chi connectivity index (χ1) is 13.8. The van der Waals surface area contributed by atoms with E-state index in [1.165, 1.54) is 0 Å². The van der Waals surface area contributed by atoms with Gasteiger partial charge < -0.3 is 20.1 Å². The van der Waals surface area contributed by atoms with Crippen LogP contribution >= 0.6 is 11.6 Å². The van der Waals surface area contributed by atoms with Crippen molar-refractivity contribution in [2.45, 2.75) is 39.2 Å².